The van der Waals surface area contributed by atoms with E-state index < -0.39 is 18.2 Å². The maximum atomic E-state index is 8.74. The molecular formula is H8O7Si2Sr. The van der Waals surface area contributed by atoms with Gasteiger partial charge in [0.1, 0.15) is 0 Å². The maximum Gasteiger partial charge on any atom is 2.00 e. The summed E-state index contributed by atoms with van der Waals surface area (Å²) in [5, 5.41) is 0. The monoisotopic (exact) mass is 264 g/mol. The van der Waals surface area contributed by atoms with Crippen LogP contribution in [0.5, 0.6) is 0 Å². The third-order valence-electron chi connectivity index (χ3n) is 0. The molecule has 0 aromatic rings. The first kappa shape index (κ1) is 17.3. The van der Waals surface area contributed by atoms with Crippen molar-refractivity contribution >= 4 is 63.7 Å². The van der Waals surface area contributed by atoms with E-state index in [4.69, 9.17) is 33.2 Å². The quantitative estimate of drug-likeness (QED) is 0.243. The molecule has 10 heavy (non-hydrogen) atoms. The van der Waals surface area contributed by atoms with Crippen LogP contribution in [0.2, 0.25) is 0 Å². The Morgan fingerprint density at radius 2 is 1.10 bits per heavy atom. The standard InChI is InChI=1S/H4O4Si.H2O3Si.Sr.2H/c1-5(2,3)4;1-4(2)3;;;/h1-4H;1-2H;;;/q;;+2;2*-1. The van der Waals surface area contributed by atoms with E-state index in [-0.39, 0.29) is 48.3 Å². The van der Waals surface area contributed by atoms with Gasteiger partial charge in [-0.2, -0.15) is 0 Å². The fraction of sp³-hybridized carbons (Fsp3) is 0. The topological polar surface area (TPSA) is 138 Å². The molecule has 0 saturated heterocycles. The second kappa shape index (κ2) is 8.25. The van der Waals surface area contributed by atoms with Crippen LogP contribution in [0.3, 0.4) is 0 Å². The van der Waals surface area contributed by atoms with Gasteiger partial charge in [0.05, 0.1) is 0 Å². The Kier molecular flexibility index (Phi) is 14.3. The van der Waals surface area contributed by atoms with Crippen molar-refractivity contribution in [1.29, 1.82) is 0 Å². The van der Waals surface area contributed by atoms with Gasteiger partial charge in [0.25, 0.3) is 0 Å². The van der Waals surface area contributed by atoms with Gasteiger partial charge in [-0.25, -0.2) is 0 Å². The van der Waals surface area contributed by atoms with Crippen LogP contribution in [0.1, 0.15) is 2.85 Å². The molecule has 0 aromatic carbocycles. The molecule has 0 fully saturated rings. The zero-order valence-corrected chi connectivity index (χ0v) is 10.3. The van der Waals surface area contributed by atoms with Crippen LogP contribution in [0, 0.1) is 0 Å². The first-order chi connectivity index (χ1) is 3.73. The molecule has 60 valence electrons. The van der Waals surface area contributed by atoms with E-state index in [1.807, 2.05) is 0 Å². The van der Waals surface area contributed by atoms with Crippen LogP contribution < -0.4 is 0 Å². The summed E-state index contributed by atoms with van der Waals surface area (Å²) in [5.74, 6) is 0. The Morgan fingerprint density at radius 1 is 1.10 bits per heavy atom. The first-order valence-corrected chi connectivity index (χ1v) is 4.64. The van der Waals surface area contributed by atoms with Crippen LogP contribution in [-0.2, 0) is 4.46 Å². The van der Waals surface area contributed by atoms with E-state index in [2.05, 4.69) is 0 Å². The largest absolute Gasteiger partial charge is 2.00 e. The second-order valence-electron chi connectivity index (χ2n) is 0.883. The van der Waals surface area contributed by atoms with Crippen LogP contribution in [0.15, 0.2) is 0 Å². The SMILES string of the molecule is O=[Si](O)O.O[Si](O)(O)O.[H-].[H-].[Sr+2]. The van der Waals surface area contributed by atoms with Gasteiger partial charge >= 0.3 is 63.7 Å². The summed E-state index contributed by atoms with van der Waals surface area (Å²) in [4.78, 5) is 43.6. The van der Waals surface area contributed by atoms with Crippen molar-refractivity contribution in [2.24, 2.45) is 0 Å². The van der Waals surface area contributed by atoms with Crippen molar-refractivity contribution in [2.45, 2.75) is 0 Å². The molecule has 0 aliphatic rings. The summed E-state index contributed by atoms with van der Waals surface area (Å²) in [5.41, 5.74) is 0. The van der Waals surface area contributed by atoms with Gasteiger partial charge in [0.15, 0.2) is 0 Å². The molecule has 0 aromatic heterocycles. The molecule has 10 heteroatoms. The summed E-state index contributed by atoms with van der Waals surface area (Å²) in [6.45, 7) is 0. The molecule has 0 aliphatic heterocycles. The molecule has 0 atom stereocenters. The average Bonchev–Trinajstić information content (AvgIpc) is 1.19. The molecule has 0 radical (unpaired) electrons. The van der Waals surface area contributed by atoms with Gasteiger partial charge in [0.2, 0.25) is 0 Å². The minimum atomic E-state index is -4.61. The molecule has 6 N–H and O–H groups in total. The van der Waals surface area contributed by atoms with Crippen molar-refractivity contribution in [2.75, 3.05) is 0 Å². The first-order valence-electron chi connectivity index (χ1n) is 1.55. The Bertz CT molecular complexity index is 81.9. The second-order valence-corrected chi connectivity index (χ2v) is 2.65. The Hall–Kier alpha value is 1.15. The number of rotatable bonds is 0. The van der Waals surface area contributed by atoms with Crippen molar-refractivity contribution < 1.29 is 36.1 Å². The number of hydrogen-bond acceptors (Lipinski definition) is 5. The molecule has 0 bridgehead atoms. The summed E-state index contributed by atoms with van der Waals surface area (Å²) in [6, 6.07) is 0. The molecule has 0 amide bonds. The number of hydrogen-bond donors (Lipinski definition) is 6. The molecule has 0 saturated carbocycles. The molecular weight excluding hydrogens is 256 g/mol. The summed E-state index contributed by atoms with van der Waals surface area (Å²) in [7, 11) is -7.74. The van der Waals surface area contributed by atoms with Crippen molar-refractivity contribution in [3.8, 4) is 0 Å². The van der Waals surface area contributed by atoms with Crippen LogP contribution in [0.4, 0.5) is 0 Å². The minimum absolute atomic E-state index is 0. The fourth-order valence-corrected chi connectivity index (χ4v) is 0. The normalized spacial score (nSPS) is 8.40. The molecule has 0 heterocycles. The predicted octanol–water partition coefficient (Wildman–Crippen LogP) is -4.38. The Morgan fingerprint density at radius 3 is 1.10 bits per heavy atom. The Balaban J connectivity index is -0.0000000221. The van der Waals surface area contributed by atoms with Crippen molar-refractivity contribution in [3.05, 3.63) is 0 Å². The summed E-state index contributed by atoms with van der Waals surface area (Å²) in [6.07, 6.45) is 0. The predicted molar refractivity (Wildman–Crippen MR) is 33.5 cm³/mol. The van der Waals surface area contributed by atoms with E-state index in [0.717, 1.165) is 0 Å². The van der Waals surface area contributed by atoms with Crippen LogP contribution in [0.25, 0.3) is 0 Å². The zero-order chi connectivity index (χ0) is 8.08. The van der Waals surface area contributed by atoms with Gasteiger partial charge in [-0.15, -0.1) is 0 Å². The van der Waals surface area contributed by atoms with Crippen molar-refractivity contribution in [3.63, 3.8) is 0 Å². The van der Waals surface area contributed by atoms with E-state index in [9.17, 15) is 0 Å². The third kappa shape index (κ3) is 457. The summed E-state index contributed by atoms with van der Waals surface area (Å²) < 4.78 is 8.74. The molecule has 0 spiro atoms. The van der Waals surface area contributed by atoms with Crippen LogP contribution in [-0.4, -0.2) is 92.5 Å². The smallest absolute Gasteiger partial charge is 1.00 e. The molecule has 7 nitrogen and oxygen atoms in total. The van der Waals surface area contributed by atoms with E-state index in [1.165, 1.54) is 0 Å². The average molecular weight is 264 g/mol. The van der Waals surface area contributed by atoms with Gasteiger partial charge in [-0.1, -0.05) is 0 Å². The van der Waals surface area contributed by atoms with E-state index >= 15 is 0 Å². The van der Waals surface area contributed by atoms with E-state index in [1.54, 1.807) is 0 Å². The summed E-state index contributed by atoms with van der Waals surface area (Å²) >= 11 is 0. The molecule has 0 unspecified atom stereocenters. The third-order valence-corrected chi connectivity index (χ3v) is 0. The van der Waals surface area contributed by atoms with Crippen molar-refractivity contribution in [1.82, 2.24) is 0 Å². The fourth-order valence-electron chi connectivity index (χ4n) is 0. The zero-order valence-electron chi connectivity index (χ0n) is 6.80. The minimum Gasteiger partial charge on any atom is -1.00 e. The van der Waals surface area contributed by atoms with E-state index in [0.29, 0.717) is 0 Å². The molecule has 0 aliphatic carbocycles. The Labute approximate surface area is 98.8 Å². The van der Waals surface area contributed by atoms with Crippen LogP contribution >= 0.6 is 0 Å². The van der Waals surface area contributed by atoms with Gasteiger partial charge in [-0.05, 0) is 0 Å². The van der Waals surface area contributed by atoms with Gasteiger partial charge in [-0.3, -0.25) is 4.46 Å². The molecule has 0 rings (SSSR count). The maximum absolute atomic E-state index is 8.74. The van der Waals surface area contributed by atoms with Gasteiger partial charge in [0, 0.05) is 0 Å². The van der Waals surface area contributed by atoms with Gasteiger partial charge < -0.3 is 31.6 Å².